The van der Waals surface area contributed by atoms with Gasteiger partial charge in [0.1, 0.15) is 11.6 Å². The molecular formula is C14H20N4. The molecule has 0 aliphatic rings. The van der Waals surface area contributed by atoms with Crippen LogP contribution in [0.5, 0.6) is 0 Å². The zero-order valence-corrected chi connectivity index (χ0v) is 11.1. The van der Waals surface area contributed by atoms with E-state index in [4.69, 9.17) is 0 Å². The molecule has 2 rings (SSSR count). The summed E-state index contributed by atoms with van der Waals surface area (Å²) in [4.78, 5) is 8.84. The molecule has 1 N–H and O–H groups in total. The molecule has 0 saturated carbocycles. The van der Waals surface area contributed by atoms with Crippen LogP contribution < -0.4 is 5.32 Å². The predicted molar refractivity (Wildman–Crippen MR) is 72.7 cm³/mol. The summed E-state index contributed by atoms with van der Waals surface area (Å²) in [7, 11) is 0. The van der Waals surface area contributed by atoms with Crippen LogP contribution in [0.25, 0.3) is 5.82 Å². The zero-order valence-electron chi connectivity index (χ0n) is 11.1. The van der Waals surface area contributed by atoms with E-state index in [0.717, 1.165) is 37.6 Å². The molecule has 0 aromatic carbocycles. The van der Waals surface area contributed by atoms with Crippen LogP contribution in [0.3, 0.4) is 0 Å². The van der Waals surface area contributed by atoms with E-state index in [1.54, 1.807) is 0 Å². The maximum Gasteiger partial charge on any atom is 0.142 e. The lowest BCUT2D eigenvalue weighted by Gasteiger charge is -2.11. The molecule has 0 radical (unpaired) electrons. The lowest BCUT2D eigenvalue weighted by atomic mass is 10.2. The fraction of sp³-hybridized carbons (Fsp3) is 0.429. The van der Waals surface area contributed by atoms with Gasteiger partial charge in [-0.25, -0.2) is 9.97 Å². The fourth-order valence-corrected chi connectivity index (χ4v) is 1.97. The van der Waals surface area contributed by atoms with Crippen molar-refractivity contribution < 1.29 is 0 Å². The number of imidazole rings is 1. The zero-order chi connectivity index (χ0) is 12.8. The van der Waals surface area contributed by atoms with E-state index in [1.807, 2.05) is 24.7 Å². The van der Waals surface area contributed by atoms with Gasteiger partial charge in [-0.2, -0.15) is 0 Å². The van der Waals surface area contributed by atoms with Crippen LogP contribution >= 0.6 is 0 Å². The van der Waals surface area contributed by atoms with Gasteiger partial charge in [-0.3, -0.25) is 4.57 Å². The second kappa shape index (κ2) is 6.31. The van der Waals surface area contributed by atoms with E-state index in [0.29, 0.717) is 0 Å². The Bertz CT molecular complexity index is 490. The SMILES string of the molecule is CCCNCc1cccnc1-n1ccnc1CC. The van der Waals surface area contributed by atoms with Crippen molar-refractivity contribution in [3.05, 3.63) is 42.1 Å². The van der Waals surface area contributed by atoms with Crippen LogP contribution in [-0.4, -0.2) is 21.1 Å². The third-order valence-corrected chi connectivity index (χ3v) is 2.87. The largest absolute Gasteiger partial charge is 0.313 e. The lowest BCUT2D eigenvalue weighted by molar-refractivity contribution is 0.669. The van der Waals surface area contributed by atoms with Gasteiger partial charge in [-0.15, -0.1) is 0 Å². The molecule has 0 saturated heterocycles. The molecule has 4 nitrogen and oxygen atoms in total. The topological polar surface area (TPSA) is 42.7 Å². The summed E-state index contributed by atoms with van der Waals surface area (Å²) in [6.45, 7) is 6.15. The fourth-order valence-electron chi connectivity index (χ4n) is 1.97. The van der Waals surface area contributed by atoms with Crippen LogP contribution in [0.4, 0.5) is 0 Å². The van der Waals surface area contributed by atoms with Gasteiger partial charge in [-0.1, -0.05) is 19.9 Å². The molecule has 0 amide bonds. The third-order valence-electron chi connectivity index (χ3n) is 2.87. The van der Waals surface area contributed by atoms with Crippen molar-refractivity contribution >= 4 is 0 Å². The summed E-state index contributed by atoms with van der Waals surface area (Å²) in [5.41, 5.74) is 1.21. The Morgan fingerprint density at radius 2 is 2.11 bits per heavy atom. The highest BCUT2D eigenvalue weighted by atomic mass is 15.1. The molecule has 4 heteroatoms. The summed E-state index contributed by atoms with van der Waals surface area (Å²) < 4.78 is 2.07. The van der Waals surface area contributed by atoms with Crippen LogP contribution in [0.15, 0.2) is 30.7 Å². The first kappa shape index (κ1) is 12.8. The number of aromatic nitrogens is 3. The molecule has 0 bridgehead atoms. The van der Waals surface area contributed by atoms with Crippen molar-refractivity contribution in [1.82, 2.24) is 19.9 Å². The molecule has 18 heavy (non-hydrogen) atoms. The Labute approximate surface area is 108 Å². The van der Waals surface area contributed by atoms with E-state index in [1.165, 1.54) is 5.56 Å². The van der Waals surface area contributed by atoms with Crippen molar-refractivity contribution in [3.8, 4) is 5.82 Å². The number of hydrogen-bond acceptors (Lipinski definition) is 3. The summed E-state index contributed by atoms with van der Waals surface area (Å²) in [5.74, 6) is 2.03. The first-order valence-electron chi connectivity index (χ1n) is 6.54. The van der Waals surface area contributed by atoms with Gasteiger partial charge in [0.2, 0.25) is 0 Å². The number of aryl methyl sites for hydroxylation is 1. The van der Waals surface area contributed by atoms with Crippen LogP contribution in [-0.2, 0) is 13.0 Å². The molecule has 0 fully saturated rings. The minimum absolute atomic E-state index is 0.846. The van der Waals surface area contributed by atoms with Crippen LogP contribution in [0.2, 0.25) is 0 Å². The lowest BCUT2D eigenvalue weighted by Crippen LogP contribution is -2.16. The smallest absolute Gasteiger partial charge is 0.142 e. The quantitative estimate of drug-likeness (QED) is 0.793. The van der Waals surface area contributed by atoms with Crippen molar-refractivity contribution in [1.29, 1.82) is 0 Å². The summed E-state index contributed by atoms with van der Waals surface area (Å²) in [5, 5.41) is 3.42. The van der Waals surface area contributed by atoms with E-state index in [2.05, 4.69) is 39.8 Å². The summed E-state index contributed by atoms with van der Waals surface area (Å²) in [6, 6.07) is 4.10. The van der Waals surface area contributed by atoms with E-state index < -0.39 is 0 Å². The van der Waals surface area contributed by atoms with Crippen molar-refractivity contribution in [2.24, 2.45) is 0 Å². The molecule has 96 valence electrons. The van der Waals surface area contributed by atoms with Crippen molar-refractivity contribution in [2.75, 3.05) is 6.54 Å². The third kappa shape index (κ3) is 2.76. The molecule has 2 heterocycles. The van der Waals surface area contributed by atoms with Crippen LogP contribution in [0.1, 0.15) is 31.7 Å². The second-order valence-corrected chi connectivity index (χ2v) is 4.23. The van der Waals surface area contributed by atoms with Gasteiger partial charge >= 0.3 is 0 Å². The Morgan fingerprint density at radius 1 is 1.22 bits per heavy atom. The molecule has 0 atom stereocenters. The number of hydrogen-bond donors (Lipinski definition) is 1. The van der Waals surface area contributed by atoms with E-state index in [-0.39, 0.29) is 0 Å². The maximum atomic E-state index is 4.49. The average molecular weight is 244 g/mol. The van der Waals surface area contributed by atoms with Crippen molar-refractivity contribution in [3.63, 3.8) is 0 Å². The number of pyridine rings is 1. The van der Waals surface area contributed by atoms with Gasteiger partial charge in [0.25, 0.3) is 0 Å². The average Bonchev–Trinajstić information content (AvgIpc) is 2.88. The van der Waals surface area contributed by atoms with Gasteiger partial charge in [-0.05, 0) is 19.0 Å². The first-order chi connectivity index (χ1) is 8.86. The first-order valence-corrected chi connectivity index (χ1v) is 6.54. The monoisotopic (exact) mass is 244 g/mol. The molecule has 0 aliphatic carbocycles. The number of rotatable bonds is 6. The molecule has 0 spiro atoms. The number of nitrogens with zero attached hydrogens (tertiary/aromatic N) is 3. The van der Waals surface area contributed by atoms with Gasteiger partial charge < -0.3 is 5.32 Å². The molecule has 0 aliphatic heterocycles. The summed E-state index contributed by atoms with van der Waals surface area (Å²) in [6.07, 6.45) is 7.69. The Kier molecular flexibility index (Phi) is 4.47. The molecule has 0 unspecified atom stereocenters. The Hall–Kier alpha value is -1.68. The standard InChI is InChI=1S/C14H20N4/c1-3-7-15-11-12-6-5-8-17-14(12)18-10-9-16-13(18)4-2/h5-6,8-10,15H,3-4,7,11H2,1-2H3. The Morgan fingerprint density at radius 3 is 2.89 bits per heavy atom. The highest BCUT2D eigenvalue weighted by Crippen LogP contribution is 2.13. The van der Waals surface area contributed by atoms with Gasteiger partial charge in [0.05, 0.1) is 0 Å². The molecular weight excluding hydrogens is 224 g/mol. The van der Waals surface area contributed by atoms with E-state index in [9.17, 15) is 0 Å². The van der Waals surface area contributed by atoms with Gasteiger partial charge in [0.15, 0.2) is 0 Å². The second-order valence-electron chi connectivity index (χ2n) is 4.23. The van der Waals surface area contributed by atoms with E-state index >= 15 is 0 Å². The maximum absolute atomic E-state index is 4.49. The highest BCUT2D eigenvalue weighted by molar-refractivity contribution is 5.34. The van der Waals surface area contributed by atoms with Gasteiger partial charge in [0, 0.05) is 37.1 Å². The molecule has 2 aromatic rings. The normalized spacial score (nSPS) is 10.8. The minimum Gasteiger partial charge on any atom is -0.313 e. The van der Waals surface area contributed by atoms with Crippen molar-refractivity contribution in [2.45, 2.75) is 33.2 Å². The number of nitrogens with one attached hydrogen (secondary N) is 1. The summed E-state index contributed by atoms with van der Waals surface area (Å²) >= 11 is 0. The molecule has 2 aromatic heterocycles. The highest BCUT2D eigenvalue weighted by Gasteiger charge is 2.08. The predicted octanol–water partition coefficient (Wildman–Crippen LogP) is 2.33. The van der Waals surface area contributed by atoms with Crippen LogP contribution in [0, 0.1) is 0 Å². The Balaban J connectivity index is 2.27. The minimum atomic E-state index is 0.846.